The third kappa shape index (κ3) is 3.03. The molecular weight excluding hydrogens is 354 g/mol. The van der Waals surface area contributed by atoms with Gasteiger partial charge < -0.3 is 19.5 Å². The Morgan fingerprint density at radius 1 is 1.38 bits per heavy atom. The average Bonchev–Trinajstić information content (AvgIpc) is 3.37. The molecule has 26 heavy (non-hydrogen) atoms. The van der Waals surface area contributed by atoms with E-state index < -0.39 is 0 Å². The number of ether oxygens (including phenoxy) is 1. The second-order valence-electron chi connectivity index (χ2n) is 6.85. The summed E-state index contributed by atoms with van der Waals surface area (Å²) in [4.78, 5) is 28.3. The van der Waals surface area contributed by atoms with E-state index in [4.69, 9.17) is 9.26 Å². The van der Waals surface area contributed by atoms with Crippen molar-refractivity contribution < 1.29 is 18.8 Å². The second kappa shape index (κ2) is 6.85. The van der Waals surface area contributed by atoms with Crippen molar-refractivity contribution in [2.75, 3.05) is 19.7 Å². The quantitative estimate of drug-likeness (QED) is 0.880. The van der Waals surface area contributed by atoms with Crippen molar-refractivity contribution >= 4 is 23.2 Å². The molecule has 0 radical (unpaired) electrons. The first kappa shape index (κ1) is 17.2. The van der Waals surface area contributed by atoms with Crippen LogP contribution in [0, 0.1) is 25.7 Å². The van der Waals surface area contributed by atoms with Crippen LogP contribution in [0.5, 0.6) is 0 Å². The van der Waals surface area contributed by atoms with Crippen LogP contribution in [0.2, 0.25) is 0 Å². The molecule has 2 amide bonds. The van der Waals surface area contributed by atoms with Gasteiger partial charge in [0.25, 0.3) is 5.91 Å². The minimum Gasteiger partial charge on any atom is -0.375 e. The highest BCUT2D eigenvalue weighted by Crippen LogP contribution is 2.35. The largest absolute Gasteiger partial charge is 0.375 e. The molecule has 0 bridgehead atoms. The molecule has 4 rings (SSSR count). The van der Waals surface area contributed by atoms with Gasteiger partial charge in [-0.3, -0.25) is 9.59 Å². The number of likely N-dealkylation sites (tertiary alicyclic amines) is 1. The van der Waals surface area contributed by atoms with Crippen LogP contribution in [0.25, 0.3) is 0 Å². The zero-order valence-corrected chi connectivity index (χ0v) is 15.5. The van der Waals surface area contributed by atoms with Gasteiger partial charge in [0.15, 0.2) is 0 Å². The number of carbonyl (C=O) groups excluding carboxylic acids is 2. The standard InChI is InChI=1S/C18H21N3O4S/c1-10-16(11(2)25-20-10)18(23)21-7-13-14(9-24-15(13)8-21)17(22)19-6-12-4-3-5-26-12/h3-5,13-15H,6-9H2,1-2H3,(H,19,22)/t13-,14-,15-/m1/s1. The molecule has 0 aromatic carbocycles. The van der Waals surface area contributed by atoms with Gasteiger partial charge in [-0.2, -0.15) is 0 Å². The monoisotopic (exact) mass is 375 g/mol. The van der Waals surface area contributed by atoms with E-state index >= 15 is 0 Å². The number of rotatable bonds is 4. The number of aryl methyl sites for hydroxylation is 2. The fraction of sp³-hybridized carbons (Fsp3) is 0.500. The van der Waals surface area contributed by atoms with E-state index in [2.05, 4.69) is 10.5 Å². The number of carbonyl (C=O) groups is 2. The SMILES string of the molecule is Cc1noc(C)c1C(=O)N1C[C@H]2[C@@H](C1)OC[C@H]2C(=O)NCc1cccs1. The van der Waals surface area contributed by atoms with Crippen LogP contribution in [0.1, 0.15) is 26.7 Å². The van der Waals surface area contributed by atoms with Crippen molar-refractivity contribution in [2.24, 2.45) is 11.8 Å². The first-order valence-electron chi connectivity index (χ1n) is 8.68. The minimum absolute atomic E-state index is 0.00228. The molecule has 2 aromatic heterocycles. The molecule has 2 fully saturated rings. The zero-order chi connectivity index (χ0) is 18.3. The van der Waals surface area contributed by atoms with Crippen LogP contribution < -0.4 is 5.32 Å². The topological polar surface area (TPSA) is 84.7 Å². The highest BCUT2D eigenvalue weighted by molar-refractivity contribution is 7.09. The summed E-state index contributed by atoms with van der Waals surface area (Å²) in [5, 5.41) is 8.84. The van der Waals surface area contributed by atoms with E-state index in [9.17, 15) is 9.59 Å². The Bertz CT molecular complexity index is 797. The van der Waals surface area contributed by atoms with E-state index in [-0.39, 0.29) is 29.8 Å². The van der Waals surface area contributed by atoms with Gasteiger partial charge in [0.1, 0.15) is 11.3 Å². The summed E-state index contributed by atoms with van der Waals surface area (Å²) in [5.74, 6) is 0.232. The van der Waals surface area contributed by atoms with E-state index in [1.165, 1.54) is 0 Å². The van der Waals surface area contributed by atoms with Crippen molar-refractivity contribution in [3.8, 4) is 0 Å². The smallest absolute Gasteiger partial charge is 0.259 e. The molecule has 0 spiro atoms. The summed E-state index contributed by atoms with van der Waals surface area (Å²) < 4.78 is 10.9. The van der Waals surface area contributed by atoms with E-state index in [0.717, 1.165) is 4.88 Å². The zero-order valence-electron chi connectivity index (χ0n) is 14.7. The number of hydrogen-bond donors (Lipinski definition) is 1. The highest BCUT2D eigenvalue weighted by Gasteiger charge is 2.48. The number of hydrogen-bond acceptors (Lipinski definition) is 6. The normalized spacial score (nSPS) is 24.7. The van der Waals surface area contributed by atoms with Gasteiger partial charge in [0, 0.05) is 23.9 Å². The lowest BCUT2D eigenvalue weighted by Gasteiger charge is -2.19. The third-order valence-corrected chi connectivity index (χ3v) is 6.08. The fourth-order valence-corrected chi connectivity index (χ4v) is 4.46. The number of amides is 2. The van der Waals surface area contributed by atoms with Crippen LogP contribution in [0.3, 0.4) is 0 Å². The third-order valence-electron chi connectivity index (χ3n) is 5.20. The summed E-state index contributed by atoms with van der Waals surface area (Å²) >= 11 is 1.62. The lowest BCUT2D eigenvalue weighted by atomic mass is 9.92. The number of nitrogens with one attached hydrogen (secondary N) is 1. The van der Waals surface area contributed by atoms with Crippen molar-refractivity contribution in [3.05, 3.63) is 39.4 Å². The first-order valence-corrected chi connectivity index (χ1v) is 9.56. The summed E-state index contributed by atoms with van der Waals surface area (Å²) in [6.45, 7) is 5.47. The van der Waals surface area contributed by atoms with Gasteiger partial charge in [-0.05, 0) is 25.3 Å². The van der Waals surface area contributed by atoms with Crippen molar-refractivity contribution in [2.45, 2.75) is 26.5 Å². The van der Waals surface area contributed by atoms with E-state index in [0.29, 0.717) is 43.3 Å². The molecule has 0 saturated carbocycles. The van der Waals surface area contributed by atoms with Crippen molar-refractivity contribution in [1.29, 1.82) is 0 Å². The molecule has 4 heterocycles. The van der Waals surface area contributed by atoms with Gasteiger partial charge >= 0.3 is 0 Å². The summed E-state index contributed by atoms with van der Waals surface area (Å²) in [6, 6.07) is 3.97. The molecule has 2 aliphatic heterocycles. The molecule has 2 aromatic rings. The summed E-state index contributed by atoms with van der Waals surface area (Å²) in [6.07, 6.45) is -0.0862. The number of nitrogens with zero attached hydrogens (tertiary/aromatic N) is 2. The number of fused-ring (bicyclic) bond motifs is 1. The van der Waals surface area contributed by atoms with Crippen LogP contribution in [0.15, 0.2) is 22.0 Å². The molecule has 7 nitrogen and oxygen atoms in total. The van der Waals surface area contributed by atoms with Gasteiger partial charge in [-0.1, -0.05) is 11.2 Å². The van der Waals surface area contributed by atoms with E-state index in [1.807, 2.05) is 17.5 Å². The predicted molar refractivity (Wildman–Crippen MR) is 94.8 cm³/mol. The fourth-order valence-electron chi connectivity index (χ4n) is 3.81. The summed E-state index contributed by atoms with van der Waals surface area (Å²) in [7, 11) is 0. The lowest BCUT2D eigenvalue weighted by Crippen LogP contribution is -2.37. The molecule has 2 aliphatic rings. The first-order chi connectivity index (χ1) is 12.5. The minimum atomic E-state index is -0.220. The Morgan fingerprint density at radius 3 is 2.92 bits per heavy atom. The number of thiophene rings is 1. The predicted octanol–water partition coefficient (Wildman–Crippen LogP) is 1.76. The molecule has 0 aliphatic carbocycles. The highest BCUT2D eigenvalue weighted by atomic mass is 32.1. The number of aromatic nitrogens is 1. The maximum atomic E-state index is 12.8. The van der Waals surface area contributed by atoms with Gasteiger partial charge in [0.05, 0.1) is 30.9 Å². The van der Waals surface area contributed by atoms with E-state index in [1.54, 1.807) is 30.1 Å². The van der Waals surface area contributed by atoms with Gasteiger partial charge in [-0.15, -0.1) is 11.3 Å². The Labute approximate surface area is 155 Å². The molecule has 1 N–H and O–H groups in total. The maximum Gasteiger partial charge on any atom is 0.259 e. The molecule has 0 unspecified atom stereocenters. The lowest BCUT2D eigenvalue weighted by molar-refractivity contribution is -0.126. The van der Waals surface area contributed by atoms with Crippen molar-refractivity contribution in [1.82, 2.24) is 15.4 Å². The maximum absolute atomic E-state index is 12.8. The van der Waals surface area contributed by atoms with Crippen LogP contribution in [-0.4, -0.2) is 47.7 Å². The summed E-state index contributed by atoms with van der Waals surface area (Å²) in [5.41, 5.74) is 1.11. The van der Waals surface area contributed by atoms with Crippen molar-refractivity contribution in [3.63, 3.8) is 0 Å². The molecule has 3 atom stereocenters. The molecular formula is C18H21N3O4S. The molecule has 138 valence electrons. The Hall–Kier alpha value is -2.19. The molecule has 8 heteroatoms. The Kier molecular flexibility index (Phi) is 4.54. The molecule has 2 saturated heterocycles. The van der Waals surface area contributed by atoms with Gasteiger partial charge in [0.2, 0.25) is 5.91 Å². The Balaban J connectivity index is 1.40. The van der Waals surface area contributed by atoms with Crippen LogP contribution >= 0.6 is 11.3 Å². The van der Waals surface area contributed by atoms with Crippen LogP contribution in [0.4, 0.5) is 0 Å². The average molecular weight is 375 g/mol. The van der Waals surface area contributed by atoms with Crippen LogP contribution in [-0.2, 0) is 16.1 Å². The second-order valence-corrected chi connectivity index (χ2v) is 7.88. The van der Waals surface area contributed by atoms with Gasteiger partial charge in [-0.25, -0.2) is 0 Å². The Morgan fingerprint density at radius 2 is 2.23 bits per heavy atom.